The summed E-state index contributed by atoms with van der Waals surface area (Å²) in [5.41, 5.74) is 10.8. The molecule has 3 rings (SSSR count). The summed E-state index contributed by atoms with van der Waals surface area (Å²) >= 11 is 0. The summed E-state index contributed by atoms with van der Waals surface area (Å²) in [6.45, 7) is 0. The number of aldehydes is 1. The van der Waals surface area contributed by atoms with E-state index in [0.29, 0.717) is 0 Å². The maximum absolute atomic E-state index is 10.9. The third-order valence-corrected chi connectivity index (χ3v) is 4.42. The van der Waals surface area contributed by atoms with Gasteiger partial charge in [-0.15, -0.1) is 0 Å². The molecule has 0 bridgehead atoms. The van der Waals surface area contributed by atoms with Crippen molar-refractivity contribution >= 4 is 6.29 Å². The molecule has 0 fully saturated rings. The lowest BCUT2D eigenvalue weighted by atomic mass is 9.70. The summed E-state index contributed by atoms with van der Waals surface area (Å²) in [4.78, 5) is 10.9. The summed E-state index contributed by atoms with van der Waals surface area (Å²) in [6.07, 6.45) is 6.03. The van der Waals surface area contributed by atoms with Crippen LogP contribution in [0.25, 0.3) is 0 Å². The van der Waals surface area contributed by atoms with Crippen molar-refractivity contribution in [3.8, 4) is 0 Å². The van der Waals surface area contributed by atoms with Gasteiger partial charge in [0.05, 0.1) is 0 Å². The third kappa shape index (κ3) is 1.51. The van der Waals surface area contributed by atoms with Gasteiger partial charge < -0.3 is 5.73 Å². The largest absolute Gasteiger partial charge is 0.402 e. The van der Waals surface area contributed by atoms with Crippen molar-refractivity contribution in [2.75, 3.05) is 0 Å². The number of carbonyl (C=O) groups is 1. The van der Waals surface area contributed by atoms with Crippen molar-refractivity contribution in [3.63, 3.8) is 0 Å². The van der Waals surface area contributed by atoms with E-state index in [9.17, 15) is 4.79 Å². The second kappa shape index (κ2) is 3.73. The molecule has 2 heteroatoms. The molecular weight excluding hydrogens is 210 g/mol. The smallest absolute Gasteiger partial charge is 0.147 e. The molecule has 17 heavy (non-hydrogen) atoms. The number of hydrogen-bond donors (Lipinski definition) is 1. The van der Waals surface area contributed by atoms with Crippen molar-refractivity contribution in [1.82, 2.24) is 0 Å². The Morgan fingerprint density at radius 2 is 1.94 bits per heavy atom. The van der Waals surface area contributed by atoms with Crippen molar-refractivity contribution in [2.24, 2.45) is 5.73 Å². The van der Waals surface area contributed by atoms with E-state index in [2.05, 4.69) is 24.3 Å². The predicted molar refractivity (Wildman–Crippen MR) is 67.6 cm³/mol. The summed E-state index contributed by atoms with van der Waals surface area (Å²) in [7, 11) is 0. The number of allylic oxidation sites excluding steroid dienone is 2. The van der Waals surface area contributed by atoms with Crippen LogP contribution in [0, 0.1) is 0 Å². The highest BCUT2D eigenvalue weighted by Crippen LogP contribution is 2.48. The molecule has 0 amide bonds. The molecular formula is C15H17NO. The Morgan fingerprint density at radius 3 is 2.71 bits per heavy atom. The number of fused-ring (bicyclic) bond motifs is 2. The molecule has 2 N–H and O–H groups in total. The van der Waals surface area contributed by atoms with Crippen LogP contribution in [0.4, 0.5) is 0 Å². The van der Waals surface area contributed by atoms with Crippen LogP contribution in [-0.2, 0) is 16.6 Å². The lowest BCUT2D eigenvalue weighted by molar-refractivity contribution is -0.105. The molecule has 1 spiro atoms. The fraction of sp³-hybridized carbons (Fsp3) is 0.400. The van der Waals surface area contributed by atoms with Crippen molar-refractivity contribution < 1.29 is 4.79 Å². The zero-order valence-corrected chi connectivity index (χ0v) is 9.91. The standard InChI is InChI=1S/C15H17NO/c16-14-9-15(8-6-12(14)10-17)7-5-11-3-1-2-4-13(11)15/h1-4,10H,5-9,16H2. The first-order valence-corrected chi connectivity index (χ1v) is 6.26. The highest BCUT2D eigenvalue weighted by atomic mass is 16.1. The van der Waals surface area contributed by atoms with Crippen LogP contribution in [0.5, 0.6) is 0 Å². The first kappa shape index (κ1) is 10.6. The van der Waals surface area contributed by atoms with Gasteiger partial charge in [-0.05, 0) is 43.2 Å². The van der Waals surface area contributed by atoms with Crippen LogP contribution in [-0.4, -0.2) is 6.29 Å². The number of hydrogen-bond acceptors (Lipinski definition) is 2. The third-order valence-electron chi connectivity index (χ3n) is 4.42. The fourth-order valence-electron chi connectivity index (χ4n) is 3.44. The maximum atomic E-state index is 10.9. The van der Waals surface area contributed by atoms with Gasteiger partial charge in [-0.2, -0.15) is 0 Å². The van der Waals surface area contributed by atoms with Gasteiger partial charge in [0, 0.05) is 16.7 Å². The van der Waals surface area contributed by atoms with E-state index in [0.717, 1.165) is 43.2 Å². The van der Waals surface area contributed by atoms with Crippen LogP contribution in [0.3, 0.4) is 0 Å². The van der Waals surface area contributed by atoms with E-state index in [1.165, 1.54) is 17.5 Å². The van der Waals surface area contributed by atoms with E-state index in [4.69, 9.17) is 5.73 Å². The second-order valence-electron chi connectivity index (χ2n) is 5.28. The molecule has 0 radical (unpaired) electrons. The van der Waals surface area contributed by atoms with E-state index in [1.807, 2.05) is 0 Å². The van der Waals surface area contributed by atoms with Gasteiger partial charge >= 0.3 is 0 Å². The Balaban J connectivity index is 2.02. The first-order valence-electron chi connectivity index (χ1n) is 6.26. The molecule has 88 valence electrons. The van der Waals surface area contributed by atoms with E-state index in [-0.39, 0.29) is 5.41 Å². The maximum Gasteiger partial charge on any atom is 0.147 e. The Morgan fingerprint density at radius 1 is 1.18 bits per heavy atom. The van der Waals surface area contributed by atoms with Gasteiger partial charge in [0.2, 0.25) is 0 Å². The van der Waals surface area contributed by atoms with Crippen molar-refractivity contribution in [2.45, 2.75) is 37.5 Å². The minimum absolute atomic E-state index is 0.215. The number of rotatable bonds is 1. The highest BCUT2D eigenvalue weighted by Gasteiger charge is 2.40. The predicted octanol–water partition coefficient (Wildman–Crippen LogP) is 2.47. The average molecular weight is 227 g/mol. The molecule has 2 aliphatic rings. The first-order chi connectivity index (χ1) is 8.25. The normalized spacial score (nSPS) is 27.3. The average Bonchev–Trinajstić information content (AvgIpc) is 2.70. The monoisotopic (exact) mass is 227 g/mol. The Labute approximate surface area is 102 Å². The van der Waals surface area contributed by atoms with Crippen LogP contribution in [0.15, 0.2) is 35.5 Å². The Bertz CT molecular complexity index is 503. The van der Waals surface area contributed by atoms with E-state index in [1.54, 1.807) is 0 Å². The van der Waals surface area contributed by atoms with E-state index >= 15 is 0 Å². The lowest BCUT2D eigenvalue weighted by Gasteiger charge is -2.35. The van der Waals surface area contributed by atoms with Gasteiger partial charge in [0.15, 0.2) is 0 Å². The minimum Gasteiger partial charge on any atom is -0.402 e. The number of benzene rings is 1. The second-order valence-corrected chi connectivity index (χ2v) is 5.28. The zero-order valence-electron chi connectivity index (χ0n) is 9.91. The SMILES string of the molecule is NC1=C(C=O)CCC2(CCc3ccccc32)C1. The van der Waals surface area contributed by atoms with Gasteiger partial charge in [-0.1, -0.05) is 24.3 Å². The number of carbonyl (C=O) groups excluding carboxylic acids is 1. The van der Waals surface area contributed by atoms with Crippen LogP contribution in [0.1, 0.15) is 36.8 Å². The number of aryl methyl sites for hydroxylation is 1. The molecule has 0 saturated heterocycles. The molecule has 0 saturated carbocycles. The molecule has 1 atom stereocenters. The number of nitrogens with two attached hydrogens (primary N) is 1. The summed E-state index contributed by atoms with van der Waals surface area (Å²) in [5, 5.41) is 0. The van der Waals surface area contributed by atoms with Crippen molar-refractivity contribution in [1.29, 1.82) is 0 Å². The van der Waals surface area contributed by atoms with Gasteiger partial charge in [-0.3, -0.25) is 4.79 Å². The minimum atomic E-state index is 0.215. The fourth-order valence-corrected chi connectivity index (χ4v) is 3.44. The molecule has 1 aromatic rings. The summed E-state index contributed by atoms with van der Waals surface area (Å²) in [6, 6.07) is 8.68. The lowest BCUT2D eigenvalue weighted by Crippen LogP contribution is -2.30. The molecule has 0 aliphatic heterocycles. The zero-order chi connectivity index (χ0) is 11.9. The summed E-state index contributed by atoms with van der Waals surface area (Å²) in [5.74, 6) is 0. The molecule has 1 unspecified atom stereocenters. The Kier molecular flexibility index (Phi) is 2.32. The van der Waals surface area contributed by atoms with Gasteiger partial charge in [0.1, 0.15) is 6.29 Å². The van der Waals surface area contributed by atoms with Crippen molar-refractivity contribution in [3.05, 3.63) is 46.7 Å². The molecule has 0 heterocycles. The summed E-state index contributed by atoms with van der Waals surface area (Å²) < 4.78 is 0. The molecule has 2 aliphatic carbocycles. The molecule has 0 aromatic heterocycles. The molecule has 1 aromatic carbocycles. The van der Waals surface area contributed by atoms with Crippen LogP contribution >= 0.6 is 0 Å². The van der Waals surface area contributed by atoms with E-state index < -0.39 is 0 Å². The topological polar surface area (TPSA) is 43.1 Å². The van der Waals surface area contributed by atoms with Gasteiger partial charge in [0.25, 0.3) is 0 Å². The Hall–Kier alpha value is -1.57. The highest BCUT2D eigenvalue weighted by molar-refractivity contribution is 5.75. The van der Waals surface area contributed by atoms with Crippen LogP contribution in [0.2, 0.25) is 0 Å². The quantitative estimate of drug-likeness (QED) is 0.749. The van der Waals surface area contributed by atoms with Gasteiger partial charge in [-0.25, -0.2) is 0 Å². The van der Waals surface area contributed by atoms with Crippen LogP contribution < -0.4 is 5.73 Å². The molecule has 2 nitrogen and oxygen atoms in total.